The lowest BCUT2D eigenvalue weighted by molar-refractivity contribution is -0.133. The molecule has 0 atom stereocenters. The number of rotatable bonds is 12. The van der Waals surface area contributed by atoms with E-state index >= 15 is 0 Å². The largest absolute Gasteiger partial charge is 0.375 e. The Morgan fingerprint density at radius 1 is 1.04 bits per heavy atom. The third kappa shape index (κ3) is 10.3. The van der Waals surface area contributed by atoms with E-state index in [4.69, 9.17) is 4.74 Å². The topological polar surface area (TPSA) is 67.4 Å². The molecule has 0 heterocycles. The van der Waals surface area contributed by atoms with Crippen LogP contribution in [0, 0.1) is 5.41 Å². The van der Waals surface area contributed by atoms with E-state index in [0.29, 0.717) is 19.4 Å². The number of nitrogens with one attached hydrogen (secondary N) is 2. The van der Waals surface area contributed by atoms with E-state index in [1.807, 2.05) is 27.7 Å². The number of ether oxygens (including phenoxy) is 1. The summed E-state index contributed by atoms with van der Waals surface area (Å²) >= 11 is 0. The molecule has 0 saturated carbocycles. The number of unbranched alkanes of at least 4 members (excludes halogenated alkanes) is 3. The molecule has 0 aliphatic carbocycles. The van der Waals surface area contributed by atoms with E-state index in [2.05, 4.69) is 17.6 Å². The summed E-state index contributed by atoms with van der Waals surface area (Å²) in [5.41, 5.74) is -0.985. The van der Waals surface area contributed by atoms with Crippen molar-refractivity contribution < 1.29 is 14.3 Å². The molecular formula is C18H36N2O3. The van der Waals surface area contributed by atoms with Crippen LogP contribution in [0.25, 0.3) is 0 Å². The highest BCUT2D eigenvalue weighted by molar-refractivity contribution is 5.81. The van der Waals surface area contributed by atoms with Crippen LogP contribution in [0.4, 0.5) is 0 Å². The van der Waals surface area contributed by atoms with E-state index in [0.717, 1.165) is 19.4 Å². The molecule has 23 heavy (non-hydrogen) atoms. The summed E-state index contributed by atoms with van der Waals surface area (Å²) in [6, 6.07) is 0. The Kier molecular flexibility index (Phi) is 10.1. The molecule has 0 fully saturated rings. The predicted octanol–water partition coefficient (Wildman–Crippen LogP) is 3.03. The quantitative estimate of drug-likeness (QED) is 0.541. The van der Waals surface area contributed by atoms with Crippen LogP contribution in [0.2, 0.25) is 0 Å². The molecule has 0 aromatic heterocycles. The molecule has 0 aromatic carbocycles. The second-order valence-corrected chi connectivity index (χ2v) is 7.41. The van der Waals surface area contributed by atoms with Gasteiger partial charge in [-0.15, -0.1) is 0 Å². The predicted molar refractivity (Wildman–Crippen MR) is 94.3 cm³/mol. The fraction of sp³-hybridized carbons (Fsp3) is 0.889. The fourth-order valence-corrected chi connectivity index (χ4v) is 2.22. The molecule has 0 rings (SSSR count). The van der Waals surface area contributed by atoms with Crippen molar-refractivity contribution >= 4 is 11.8 Å². The highest BCUT2D eigenvalue weighted by Crippen LogP contribution is 2.23. The third-order valence-electron chi connectivity index (χ3n) is 4.02. The molecule has 136 valence electrons. The normalized spacial score (nSPS) is 12.1. The summed E-state index contributed by atoms with van der Waals surface area (Å²) in [6.07, 6.45) is 5.55. The lowest BCUT2D eigenvalue weighted by atomic mass is 9.88. The Morgan fingerprint density at radius 2 is 1.70 bits per heavy atom. The highest BCUT2D eigenvalue weighted by Gasteiger charge is 2.29. The third-order valence-corrected chi connectivity index (χ3v) is 4.02. The van der Waals surface area contributed by atoms with E-state index < -0.39 is 11.0 Å². The van der Waals surface area contributed by atoms with Gasteiger partial charge in [-0.05, 0) is 26.7 Å². The summed E-state index contributed by atoms with van der Waals surface area (Å²) in [5.74, 6) is 0.0285. The average molecular weight is 328 g/mol. The molecule has 0 unspecified atom stereocenters. The molecule has 2 amide bonds. The molecule has 0 bridgehead atoms. The standard InChI is InChI=1S/C18H36N2O3/c1-7-8-9-10-12-20-16(22)17(2,3)11-13-23-18(4,5)14-15(21)19-6/h7-14H2,1-6H3,(H,19,21)(H,20,22). The summed E-state index contributed by atoms with van der Waals surface area (Å²) < 4.78 is 5.80. The van der Waals surface area contributed by atoms with Crippen molar-refractivity contribution in [3.8, 4) is 0 Å². The first-order valence-corrected chi connectivity index (χ1v) is 8.77. The maximum Gasteiger partial charge on any atom is 0.225 e. The van der Waals surface area contributed by atoms with Crippen molar-refractivity contribution in [3.05, 3.63) is 0 Å². The lowest BCUT2D eigenvalue weighted by Crippen LogP contribution is -2.39. The molecule has 0 aliphatic rings. The van der Waals surface area contributed by atoms with Crippen molar-refractivity contribution in [2.45, 2.75) is 78.7 Å². The van der Waals surface area contributed by atoms with Gasteiger partial charge in [0.15, 0.2) is 0 Å². The Labute approximate surface area is 141 Å². The Bertz CT molecular complexity index is 365. The van der Waals surface area contributed by atoms with Crippen molar-refractivity contribution in [2.75, 3.05) is 20.2 Å². The molecular weight excluding hydrogens is 292 g/mol. The van der Waals surface area contributed by atoms with Crippen LogP contribution in [-0.2, 0) is 14.3 Å². The average Bonchev–Trinajstić information content (AvgIpc) is 2.45. The lowest BCUT2D eigenvalue weighted by Gasteiger charge is -2.28. The summed E-state index contributed by atoms with van der Waals surface area (Å²) in [7, 11) is 1.62. The van der Waals surface area contributed by atoms with E-state index in [1.165, 1.54) is 12.8 Å². The van der Waals surface area contributed by atoms with Gasteiger partial charge in [-0.3, -0.25) is 9.59 Å². The number of hydrogen-bond donors (Lipinski definition) is 2. The fourth-order valence-electron chi connectivity index (χ4n) is 2.22. The molecule has 0 radical (unpaired) electrons. The minimum absolute atomic E-state index is 0.0425. The van der Waals surface area contributed by atoms with Gasteiger partial charge in [0, 0.05) is 25.6 Å². The number of carbonyl (C=O) groups is 2. The Morgan fingerprint density at radius 3 is 2.26 bits per heavy atom. The zero-order valence-electron chi connectivity index (χ0n) is 15.9. The van der Waals surface area contributed by atoms with Crippen molar-refractivity contribution in [1.29, 1.82) is 0 Å². The maximum atomic E-state index is 12.2. The van der Waals surface area contributed by atoms with Crippen LogP contribution in [0.5, 0.6) is 0 Å². The monoisotopic (exact) mass is 328 g/mol. The molecule has 0 aliphatic heterocycles. The van der Waals surface area contributed by atoms with Gasteiger partial charge in [0.25, 0.3) is 0 Å². The van der Waals surface area contributed by atoms with Crippen molar-refractivity contribution in [1.82, 2.24) is 10.6 Å². The Balaban J connectivity index is 4.10. The van der Waals surface area contributed by atoms with Gasteiger partial charge in [0.2, 0.25) is 11.8 Å². The van der Waals surface area contributed by atoms with Crippen LogP contribution in [-0.4, -0.2) is 37.6 Å². The molecule has 5 heteroatoms. The molecule has 2 N–H and O–H groups in total. The van der Waals surface area contributed by atoms with Gasteiger partial charge in [-0.2, -0.15) is 0 Å². The van der Waals surface area contributed by atoms with Crippen LogP contribution in [0.1, 0.15) is 73.1 Å². The van der Waals surface area contributed by atoms with Gasteiger partial charge in [-0.25, -0.2) is 0 Å². The van der Waals surface area contributed by atoms with Gasteiger partial charge in [-0.1, -0.05) is 40.0 Å². The highest BCUT2D eigenvalue weighted by atomic mass is 16.5. The number of hydrogen-bond acceptors (Lipinski definition) is 3. The first-order valence-electron chi connectivity index (χ1n) is 8.77. The SMILES string of the molecule is CCCCCCNC(=O)C(C)(C)CCOC(C)(C)CC(=O)NC. The van der Waals surface area contributed by atoms with Crippen molar-refractivity contribution in [2.24, 2.45) is 5.41 Å². The maximum absolute atomic E-state index is 12.2. The smallest absolute Gasteiger partial charge is 0.225 e. The zero-order chi connectivity index (χ0) is 17.9. The first-order chi connectivity index (χ1) is 10.6. The van der Waals surface area contributed by atoms with Gasteiger partial charge < -0.3 is 15.4 Å². The zero-order valence-corrected chi connectivity index (χ0v) is 15.9. The van der Waals surface area contributed by atoms with E-state index in [-0.39, 0.29) is 11.8 Å². The van der Waals surface area contributed by atoms with Crippen LogP contribution in [0.3, 0.4) is 0 Å². The first kappa shape index (κ1) is 21.9. The summed E-state index contributed by atoms with van der Waals surface area (Å²) in [5, 5.41) is 5.61. The minimum atomic E-state index is -0.521. The Hall–Kier alpha value is -1.10. The second-order valence-electron chi connectivity index (χ2n) is 7.41. The number of amides is 2. The van der Waals surface area contributed by atoms with Crippen molar-refractivity contribution in [3.63, 3.8) is 0 Å². The minimum Gasteiger partial charge on any atom is -0.375 e. The molecule has 0 aromatic rings. The number of carbonyl (C=O) groups excluding carboxylic acids is 2. The van der Waals surface area contributed by atoms with Crippen LogP contribution in [0.15, 0.2) is 0 Å². The van der Waals surface area contributed by atoms with Gasteiger partial charge in [0.05, 0.1) is 12.0 Å². The molecule has 0 spiro atoms. The van der Waals surface area contributed by atoms with Gasteiger partial charge >= 0.3 is 0 Å². The summed E-state index contributed by atoms with van der Waals surface area (Å²) in [6.45, 7) is 11.0. The molecule has 0 saturated heterocycles. The molecule has 5 nitrogen and oxygen atoms in total. The van der Waals surface area contributed by atoms with Gasteiger partial charge in [0.1, 0.15) is 0 Å². The van der Waals surface area contributed by atoms with Crippen LogP contribution >= 0.6 is 0 Å². The van der Waals surface area contributed by atoms with E-state index in [1.54, 1.807) is 7.05 Å². The summed E-state index contributed by atoms with van der Waals surface area (Å²) in [4.78, 5) is 23.7. The second kappa shape index (κ2) is 10.6. The van der Waals surface area contributed by atoms with E-state index in [9.17, 15) is 9.59 Å². The van der Waals surface area contributed by atoms with Crippen LogP contribution < -0.4 is 10.6 Å².